The standard InChI is InChI=1S/C12H17O3P/c13-16(14,15)12-9-5-4-8-11(12)10-6-2-1-3-7-10/h4-5,8-10H,1-3,6-7H2,(H2,13,14,15). The Bertz CT molecular complexity index is 404. The van der Waals surface area contributed by atoms with Gasteiger partial charge in [0.05, 0.1) is 5.30 Å². The topological polar surface area (TPSA) is 57.5 Å². The van der Waals surface area contributed by atoms with Crippen molar-refractivity contribution in [3.63, 3.8) is 0 Å². The van der Waals surface area contributed by atoms with E-state index in [1.807, 2.05) is 12.1 Å². The summed E-state index contributed by atoms with van der Waals surface area (Å²) in [6.07, 6.45) is 5.68. The van der Waals surface area contributed by atoms with Crippen LogP contribution in [0.15, 0.2) is 24.3 Å². The Labute approximate surface area is 95.7 Å². The summed E-state index contributed by atoms with van der Waals surface area (Å²) in [6, 6.07) is 6.99. The SMILES string of the molecule is O=P(O)(O)c1ccccc1C1CCCCC1. The van der Waals surface area contributed by atoms with Gasteiger partial charge in [-0.2, -0.15) is 0 Å². The predicted molar refractivity (Wildman–Crippen MR) is 63.9 cm³/mol. The molecule has 0 heterocycles. The number of hydrogen-bond acceptors (Lipinski definition) is 1. The van der Waals surface area contributed by atoms with Crippen molar-refractivity contribution in [2.24, 2.45) is 0 Å². The maximum atomic E-state index is 11.4. The number of hydrogen-bond donors (Lipinski definition) is 2. The third kappa shape index (κ3) is 2.54. The molecule has 1 aliphatic carbocycles. The highest BCUT2D eigenvalue weighted by atomic mass is 31.2. The van der Waals surface area contributed by atoms with Crippen molar-refractivity contribution >= 4 is 12.9 Å². The Balaban J connectivity index is 2.36. The molecule has 1 aliphatic rings. The van der Waals surface area contributed by atoms with Crippen LogP contribution in [-0.2, 0) is 4.57 Å². The minimum atomic E-state index is -4.12. The third-order valence-corrected chi connectivity index (χ3v) is 4.33. The van der Waals surface area contributed by atoms with Crippen molar-refractivity contribution in [1.29, 1.82) is 0 Å². The van der Waals surface area contributed by atoms with Gasteiger partial charge in [0.25, 0.3) is 0 Å². The zero-order chi connectivity index (χ0) is 11.6. The molecule has 0 bridgehead atoms. The quantitative estimate of drug-likeness (QED) is 0.781. The maximum absolute atomic E-state index is 11.4. The van der Waals surface area contributed by atoms with Gasteiger partial charge in [-0.1, -0.05) is 37.5 Å². The van der Waals surface area contributed by atoms with Gasteiger partial charge in [0.15, 0.2) is 0 Å². The molecule has 2 N–H and O–H groups in total. The Kier molecular flexibility index (Phi) is 3.48. The molecular weight excluding hydrogens is 223 g/mol. The van der Waals surface area contributed by atoms with Gasteiger partial charge < -0.3 is 9.79 Å². The van der Waals surface area contributed by atoms with Gasteiger partial charge in [-0.15, -0.1) is 0 Å². The molecule has 3 nitrogen and oxygen atoms in total. The second-order valence-corrected chi connectivity index (χ2v) is 6.01. The zero-order valence-electron chi connectivity index (χ0n) is 9.17. The molecule has 0 spiro atoms. The van der Waals surface area contributed by atoms with Gasteiger partial charge in [0, 0.05) is 0 Å². The highest BCUT2D eigenvalue weighted by molar-refractivity contribution is 7.60. The van der Waals surface area contributed by atoms with E-state index in [9.17, 15) is 14.4 Å². The molecule has 1 fully saturated rings. The van der Waals surface area contributed by atoms with E-state index >= 15 is 0 Å². The lowest BCUT2D eigenvalue weighted by atomic mass is 9.84. The monoisotopic (exact) mass is 240 g/mol. The van der Waals surface area contributed by atoms with Crippen LogP contribution in [0.1, 0.15) is 43.6 Å². The van der Waals surface area contributed by atoms with Crippen LogP contribution < -0.4 is 5.30 Å². The van der Waals surface area contributed by atoms with Crippen molar-refractivity contribution in [3.8, 4) is 0 Å². The van der Waals surface area contributed by atoms with Gasteiger partial charge in [-0.05, 0) is 30.4 Å². The Morgan fingerprint density at radius 3 is 2.31 bits per heavy atom. The third-order valence-electron chi connectivity index (χ3n) is 3.30. The Morgan fingerprint density at radius 1 is 1.06 bits per heavy atom. The Morgan fingerprint density at radius 2 is 1.69 bits per heavy atom. The second kappa shape index (κ2) is 4.70. The lowest BCUT2D eigenvalue weighted by Gasteiger charge is -2.24. The fourth-order valence-corrected chi connectivity index (χ4v) is 3.39. The number of benzene rings is 1. The fraction of sp³-hybridized carbons (Fsp3) is 0.500. The molecule has 2 rings (SSSR count). The van der Waals surface area contributed by atoms with Crippen LogP contribution in [0, 0.1) is 0 Å². The van der Waals surface area contributed by atoms with E-state index in [0.717, 1.165) is 18.4 Å². The van der Waals surface area contributed by atoms with E-state index in [1.165, 1.54) is 19.3 Å². The lowest BCUT2D eigenvalue weighted by molar-refractivity contribution is 0.385. The van der Waals surface area contributed by atoms with Crippen LogP contribution in [-0.4, -0.2) is 9.79 Å². The van der Waals surface area contributed by atoms with Crippen LogP contribution in [0.2, 0.25) is 0 Å². The van der Waals surface area contributed by atoms with E-state index in [2.05, 4.69) is 0 Å². The molecule has 1 aromatic carbocycles. The first kappa shape index (κ1) is 11.8. The molecule has 1 aromatic rings. The van der Waals surface area contributed by atoms with Gasteiger partial charge in [-0.25, -0.2) is 0 Å². The molecule has 0 aromatic heterocycles. The molecule has 4 heteroatoms. The van der Waals surface area contributed by atoms with Crippen LogP contribution in [0.4, 0.5) is 0 Å². The van der Waals surface area contributed by atoms with E-state index in [-0.39, 0.29) is 5.30 Å². The van der Waals surface area contributed by atoms with E-state index in [1.54, 1.807) is 12.1 Å². The van der Waals surface area contributed by atoms with Crippen molar-refractivity contribution < 1.29 is 14.4 Å². The van der Waals surface area contributed by atoms with Crippen molar-refractivity contribution in [1.82, 2.24) is 0 Å². The summed E-state index contributed by atoms with van der Waals surface area (Å²) in [5.74, 6) is 0.331. The summed E-state index contributed by atoms with van der Waals surface area (Å²) in [6.45, 7) is 0. The molecule has 0 atom stereocenters. The fourth-order valence-electron chi connectivity index (χ4n) is 2.51. The summed E-state index contributed by atoms with van der Waals surface area (Å²) in [4.78, 5) is 18.6. The summed E-state index contributed by atoms with van der Waals surface area (Å²) < 4.78 is 11.4. The molecule has 16 heavy (non-hydrogen) atoms. The van der Waals surface area contributed by atoms with E-state index in [4.69, 9.17) is 0 Å². The minimum Gasteiger partial charge on any atom is -0.321 e. The first-order chi connectivity index (χ1) is 7.59. The summed E-state index contributed by atoms with van der Waals surface area (Å²) in [5, 5.41) is 0.224. The molecule has 0 amide bonds. The van der Waals surface area contributed by atoms with Crippen LogP contribution in [0.3, 0.4) is 0 Å². The van der Waals surface area contributed by atoms with Crippen molar-refractivity contribution in [2.75, 3.05) is 0 Å². The first-order valence-electron chi connectivity index (χ1n) is 5.74. The molecule has 1 saturated carbocycles. The van der Waals surface area contributed by atoms with E-state index in [0.29, 0.717) is 5.92 Å². The smallest absolute Gasteiger partial charge is 0.321 e. The minimum absolute atomic E-state index is 0.224. The average molecular weight is 240 g/mol. The maximum Gasteiger partial charge on any atom is 0.356 e. The molecule has 0 saturated heterocycles. The summed E-state index contributed by atoms with van der Waals surface area (Å²) >= 11 is 0. The van der Waals surface area contributed by atoms with Gasteiger partial charge >= 0.3 is 7.60 Å². The second-order valence-electron chi connectivity index (χ2n) is 4.44. The molecule has 0 unspecified atom stereocenters. The predicted octanol–water partition coefficient (Wildman–Crippen LogP) is 2.54. The van der Waals surface area contributed by atoms with Crippen LogP contribution in [0.5, 0.6) is 0 Å². The largest absolute Gasteiger partial charge is 0.356 e. The van der Waals surface area contributed by atoms with Crippen molar-refractivity contribution in [3.05, 3.63) is 29.8 Å². The van der Waals surface area contributed by atoms with E-state index < -0.39 is 7.60 Å². The van der Waals surface area contributed by atoms with Crippen LogP contribution in [0.25, 0.3) is 0 Å². The van der Waals surface area contributed by atoms with Crippen molar-refractivity contribution in [2.45, 2.75) is 38.0 Å². The average Bonchev–Trinajstić information content (AvgIpc) is 2.29. The molecular formula is C12H17O3P. The normalized spacial score (nSPS) is 18.6. The number of rotatable bonds is 2. The summed E-state index contributed by atoms with van der Waals surface area (Å²) in [5.41, 5.74) is 0.857. The van der Waals surface area contributed by atoms with Crippen LogP contribution >= 0.6 is 7.60 Å². The molecule has 88 valence electrons. The highest BCUT2D eigenvalue weighted by Crippen LogP contribution is 2.40. The highest BCUT2D eigenvalue weighted by Gasteiger charge is 2.26. The van der Waals surface area contributed by atoms with Gasteiger partial charge in [0.2, 0.25) is 0 Å². The lowest BCUT2D eigenvalue weighted by Crippen LogP contribution is -2.16. The Hall–Kier alpha value is -0.630. The summed E-state index contributed by atoms with van der Waals surface area (Å²) in [7, 11) is -4.12. The van der Waals surface area contributed by atoms with Gasteiger partial charge in [-0.3, -0.25) is 4.57 Å². The van der Waals surface area contributed by atoms with Gasteiger partial charge in [0.1, 0.15) is 0 Å². The first-order valence-corrected chi connectivity index (χ1v) is 7.35. The zero-order valence-corrected chi connectivity index (χ0v) is 10.1. The molecule has 0 aliphatic heterocycles. The molecule has 0 radical (unpaired) electrons.